The van der Waals surface area contributed by atoms with Gasteiger partial charge in [0.15, 0.2) is 0 Å². The second-order valence-electron chi connectivity index (χ2n) is 4.63. The van der Waals surface area contributed by atoms with Gasteiger partial charge in [0.05, 0.1) is 18.8 Å². The van der Waals surface area contributed by atoms with Gasteiger partial charge in [-0.05, 0) is 31.9 Å². The first kappa shape index (κ1) is 12.1. The van der Waals surface area contributed by atoms with E-state index < -0.39 is 0 Å². The molecule has 1 aromatic heterocycles. The monoisotopic (exact) mass is 240 g/mol. The summed E-state index contributed by atoms with van der Waals surface area (Å²) in [6.45, 7) is 4.96. The van der Waals surface area contributed by atoms with E-state index in [2.05, 4.69) is 26.0 Å². The minimum atomic E-state index is -0.242. The first-order valence-corrected chi connectivity index (χ1v) is 6.88. The molecule has 1 aliphatic heterocycles. The molecular weight excluding hydrogens is 220 g/mol. The first-order valence-electron chi connectivity index (χ1n) is 6.06. The van der Waals surface area contributed by atoms with Crippen molar-refractivity contribution in [3.05, 3.63) is 21.9 Å². The van der Waals surface area contributed by atoms with Crippen LogP contribution in [0.1, 0.15) is 30.0 Å². The van der Waals surface area contributed by atoms with Gasteiger partial charge in [0.1, 0.15) is 0 Å². The summed E-state index contributed by atoms with van der Waals surface area (Å²) in [4.78, 5) is 2.70. The SMILES string of the molecule is CCc1ccc(CC(O)C2COC(C)C2)s1. The molecule has 16 heavy (non-hydrogen) atoms. The molecule has 0 aliphatic carbocycles. The van der Waals surface area contributed by atoms with E-state index >= 15 is 0 Å². The zero-order valence-electron chi connectivity index (χ0n) is 9.98. The third kappa shape index (κ3) is 2.84. The molecule has 3 atom stereocenters. The maximum atomic E-state index is 10.1. The molecule has 0 bridgehead atoms. The molecule has 90 valence electrons. The normalized spacial score (nSPS) is 27.2. The number of rotatable bonds is 4. The molecule has 0 saturated carbocycles. The number of aliphatic hydroxyl groups excluding tert-OH is 1. The summed E-state index contributed by atoms with van der Waals surface area (Å²) < 4.78 is 5.49. The highest BCUT2D eigenvalue weighted by molar-refractivity contribution is 7.11. The Morgan fingerprint density at radius 1 is 1.50 bits per heavy atom. The number of thiophene rings is 1. The number of aliphatic hydroxyl groups is 1. The molecule has 2 heterocycles. The fourth-order valence-electron chi connectivity index (χ4n) is 2.21. The molecule has 1 fully saturated rings. The molecule has 2 nitrogen and oxygen atoms in total. The first-order chi connectivity index (χ1) is 7.69. The summed E-state index contributed by atoms with van der Waals surface area (Å²) in [5, 5.41) is 10.1. The lowest BCUT2D eigenvalue weighted by molar-refractivity contribution is 0.0811. The van der Waals surface area contributed by atoms with E-state index in [1.807, 2.05) is 11.3 Å². The highest BCUT2D eigenvalue weighted by atomic mass is 32.1. The Balaban J connectivity index is 1.89. The molecule has 0 radical (unpaired) electrons. The van der Waals surface area contributed by atoms with E-state index in [1.54, 1.807) is 0 Å². The molecule has 3 heteroatoms. The fourth-order valence-corrected chi connectivity index (χ4v) is 3.22. The standard InChI is InChI=1S/C13H20O2S/c1-3-11-4-5-12(16-11)7-13(14)10-6-9(2)15-8-10/h4-5,9-10,13-14H,3,6-8H2,1-2H3. The smallest absolute Gasteiger partial charge is 0.0639 e. The maximum Gasteiger partial charge on any atom is 0.0639 e. The van der Waals surface area contributed by atoms with Crippen molar-refractivity contribution in [1.29, 1.82) is 0 Å². The number of ether oxygens (including phenoxy) is 1. The van der Waals surface area contributed by atoms with Crippen molar-refractivity contribution >= 4 is 11.3 Å². The molecule has 0 aromatic carbocycles. The molecule has 0 spiro atoms. The number of hydrogen-bond acceptors (Lipinski definition) is 3. The van der Waals surface area contributed by atoms with Gasteiger partial charge in [-0.1, -0.05) is 6.92 Å². The van der Waals surface area contributed by atoms with Crippen molar-refractivity contribution in [3.63, 3.8) is 0 Å². The summed E-state index contributed by atoms with van der Waals surface area (Å²) in [7, 11) is 0. The van der Waals surface area contributed by atoms with Gasteiger partial charge in [0, 0.05) is 22.1 Å². The molecule has 3 unspecified atom stereocenters. The Morgan fingerprint density at radius 3 is 2.81 bits per heavy atom. The molecule has 0 amide bonds. The highest BCUT2D eigenvalue weighted by Gasteiger charge is 2.28. The second kappa shape index (κ2) is 5.30. The zero-order valence-corrected chi connectivity index (χ0v) is 10.8. The Morgan fingerprint density at radius 2 is 2.25 bits per heavy atom. The van der Waals surface area contributed by atoms with Crippen LogP contribution in [0.25, 0.3) is 0 Å². The highest BCUT2D eigenvalue weighted by Crippen LogP contribution is 2.26. The van der Waals surface area contributed by atoms with Gasteiger partial charge in [-0.2, -0.15) is 0 Å². The quantitative estimate of drug-likeness (QED) is 0.876. The number of aryl methyl sites for hydroxylation is 1. The van der Waals surface area contributed by atoms with Crippen LogP contribution in [0, 0.1) is 5.92 Å². The van der Waals surface area contributed by atoms with E-state index in [0.29, 0.717) is 18.6 Å². The van der Waals surface area contributed by atoms with Crippen LogP contribution in [0.2, 0.25) is 0 Å². The van der Waals surface area contributed by atoms with Gasteiger partial charge in [0.2, 0.25) is 0 Å². The largest absolute Gasteiger partial charge is 0.392 e. The van der Waals surface area contributed by atoms with Crippen molar-refractivity contribution in [2.75, 3.05) is 6.61 Å². The molecule has 1 aromatic rings. The second-order valence-corrected chi connectivity index (χ2v) is 5.89. The molecule has 2 rings (SSSR count). The van der Waals surface area contributed by atoms with Gasteiger partial charge in [-0.3, -0.25) is 0 Å². The Labute approximate surface area is 101 Å². The van der Waals surface area contributed by atoms with Gasteiger partial charge in [0.25, 0.3) is 0 Å². The van der Waals surface area contributed by atoms with Crippen LogP contribution in [0.15, 0.2) is 12.1 Å². The Hall–Kier alpha value is -0.380. The zero-order chi connectivity index (χ0) is 11.5. The summed E-state index contributed by atoms with van der Waals surface area (Å²) in [5.74, 6) is 0.321. The lowest BCUT2D eigenvalue weighted by Crippen LogP contribution is -2.22. The van der Waals surface area contributed by atoms with E-state index in [1.165, 1.54) is 9.75 Å². The van der Waals surface area contributed by atoms with Crippen molar-refractivity contribution in [2.45, 2.75) is 45.3 Å². The molecular formula is C13H20O2S. The Kier molecular flexibility index (Phi) is 4.00. The third-order valence-electron chi connectivity index (χ3n) is 3.25. The lowest BCUT2D eigenvalue weighted by Gasteiger charge is -2.15. The van der Waals surface area contributed by atoms with Crippen LogP contribution in [-0.4, -0.2) is 23.9 Å². The van der Waals surface area contributed by atoms with Crippen molar-refractivity contribution in [2.24, 2.45) is 5.92 Å². The molecule has 1 aliphatic rings. The minimum absolute atomic E-state index is 0.242. The van der Waals surface area contributed by atoms with Crippen LogP contribution in [0.4, 0.5) is 0 Å². The fraction of sp³-hybridized carbons (Fsp3) is 0.692. The lowest BCUT2D eigenvalue weighted by atomic mass is 9.97. The minimum Gasteiger partial charge on any atom is -0.392 e. The van der Waals surface area contributed by atoms with Crippen LogP contribution in [0.3, 0.4) is 0 Å². The van der Waals surface area contributed by atoms with Gasteiger partial charge in [-0.15, -0.1) is 11.3 Å². The summed E-state index contributed by atoms with van der Waals surface area (Å²) >= 11 is 1.82. The van der Waals surface area contributed by atoms with E-state index in [9.17, 15) is 5.11 Å². The van der Waals surface area contributed by atoms with Crippen LogP contribution >= 0.6 is 11.3 Å². The average molecular weight is 240 g/mol. The van der Waals surface area contributed by atoms with Gasteiger partial charge < -0.3 is 9.84 Å². The van der Waals surface area contributed by atoms with E-state index in [-0.39, 0.29) is 6.10 Å². The summed E-state index contributed by atoms with van der Waals surface area (Å²) in [5.41, 5.74) is 0. The van der Waals surface area contributed by atoms with Crippen LogP contribution < -0.4 is 0 Å². The van der Waals surface area contributed by atoms with Crippen molar-refractivity contribution in [1.82, 2.24) is 0 Å². The summed E-state index contributed by atoms with van der Waals surface area (Å²) in [6, 6.07) is 4.31. The predicted molar refractivity (Wildman–Crippen MR) is 66.9 cm³/mol. The van der Waals surface area contributed by atoms with E-state index in [0.717, 1.165) is 19.3 Å². The third-order valence-corrected chi connectivity index (χ3v) is 4.50. The molecule has 1 N–H and O–H groups in total. The predicted octanol–water partition coefficient (Wildman–Crippen LogP) is 2.64. The topological polar surface area (TPSA) is 29.5 Å². The maximum absolute atomic E-state index is 10.1. The Bertz CT molecular complexity index is 334. The van der Waals surface area contributed by atoms with Crippen molar-refractivity contribution < 1.29 is 9.84 Å². The van der Waals surface area contributed by atoms with Gasteiger partial charge in [-0.25, -0.2) is 0 Å². The van der Waals surface area contributed by atoms with E-state index in [4.69, 9.17) is 4.74 Å². The van der Waals surface area contributed by atoms with Crippen molar-refractivity contribution in [3.8, 4) is 0 Å². The number of hydrogen-bond donors (Lipinski definition) is 1. The van der Waals surface area contributed by atoms with Crippen LogP contribution in [0.5, 0.6) is 0 Å². The van der Waals surface area contributed by atoms with Gasteiger partial charge >= 0.3 is 0 Å². The van der Waals surface area contributed by atoms with Crippen LogP contribution in [-0.2, 0) is 17.6 Å². The average Bonchev–Trinajstić information content (AvgIpc) is 2.87. The molecule has 1 saturated heterocycles. The summed E-state index contributed by atoms with van der Waals surface area (Å²) in [6.07, 6.45) is 2.94.